The van der Waals surface area contributed by atoms with Crippen LogP contribution in [0.2, 0.25) is 0 Å². The average molecular weight is 358 g/mol. The monoisotopic (exact) mass is 358 g/mol. The fraction of sp³-hybridized carbons (Fsp3) is 0.611. The molecule has 0 spiro atoms. The first-order valence-corrected chi connectivity index (χ1v) is 8.54. The average Bonchev–Trinajstić information content (AvgIpc) is 3.29. The fourth-order valence-corrected chi connectivity index (χ4v) is 3.57. The summed E-state index contributed by atoms with van der Waals surface area (Å²) >= 11 is 0. The SMILES string of the molecule is O=C(NCC1(c2ccccc2)CC(F)C1)NC1(CCC(F)(F)F)CC1. The first-order chi connectivity index (χ1) is 11.7. The van der Waals surface area contributed by atoms with E-state index in [-0.39, 0.29) is 13.0 Å². The molecule has 2 saturated carbocycles. The number of urea groups is 1. The van der Waals surface area contributed by atoms with E-state index in [1.165, 1.54) is 0 Å². The largest absolute Gasteiger partial charge is 0.389 e. The van der Waals surface area contributed by atoms with Crippen molar-refractivity contribution >= 4 is 6.03 Å². The van der Waals surface area contributed by atoms with Crippen molar-refractivity contribution in [3.63, 3.8) is 0 Å². The Morgan fingerprint density at radius 1 is 1.16 bits per heavy atom. The molecule has 25 heavy (non-hydrogen) atoms. The second kappa shape index (κ2) is 6.50. The van der Waals surface area contributed by atoms with E-state index in [1.807, 2.05) is 30.3 Å². The lowest BCUT2D eigenvalue weighted by Gasteiger charge is -2.45. The Morgan fingerprint density at radius 2 is 1.80 bits per heavy atom. The van der Waals surface area contributed by atoms with Gasteiger partial charge in [0.15, 0.2) is 0 Å². The fourth-order valence-electron chi connectivity index (χ4n) is 3.57. The summed E-state index contributed by atoms with van der Waals surface area (Å²) in [6.45, 7) is 0.276. The van der Waals surface area contributed by atoms with Crippen LogP contribution in [0.1, 0.15) is 44.1 Å². The zero-order valence-corrected chi connectivity index (χ0v) is 13.8. The number of rotatable bonds is 6. The van der Waals surface area contributed by atoms with Gasteiger partial charge in [-0.1, -0.05) is 30.3 Å². The van der Waals surface area contributed by atoms with Gasteiger partial charge < -0.3 is 10.6 Å². The Labute approximate surface area is 144 Å². The molecular weight excluding hydrogens is 336 g/mol. The molecule has 1 aromatic carbocycles. The van der Waals surface area contributed by atoms with Gasteiger partial charge in [0, 0.05) is 23.9 Å². The number of hydrogen-bond donors (Lipinski definition) is 2. The molecule has 1 aromatic rings. The van der Waals surface area contributed by atoms with Gasteiger partial charge in [-0.25, -0.2) is 9.18 Å². The number of amides is 2. The number of halogens is 4. The Hall–Kier alpha value is -1.79. The summed E-state index contributed by atoms with van der Waals surface area (Å²) in [7, 11) is 0. The maximum atomic E-state index is 13.5. The normalized spacial score (nSPS) is 27.3. The van der Waals surface area contributed by atoms with E-state index in [4.69, 9.17) is 0 Å². The molecule has 0 bridgehead atoms. The molecule has 2 N–H and O–H groups in total. The van der Waals surface area contributed by atoms with Crippen molar-refractivity contribution in [1.29, 1.82) is 0 Å². The Bertz CT molecular complexity index is 607. The first kappa shape index (κ1) is 18.0. The molecule has 2 amide bonds. The third-order valence-corrected chi connectivity index (χ3v) is 5.32. The minimum Gasteiger partial charge on any atom is -0.337 e. The Balaban J connectivity index is 1.53. The zero-order chi connectivity index (χ0) is 18.1. The van der Waals surface area contributed by atoms with Crippen LogP contribution in [0.15, 0.2) is 30.3 Å². The molecule has 3 nitrogen and oxygen atoms in total. The summed E-state index contributed by atoms with van der Waals surface area (Å²) in [5, 5.41) is 5.42. The lowest BCUT2D eigenvalue weighted by Crippen LogP contribution is -2.53. The number of carbonyl (C=O) groups is 1. The molecule has 0 aromatic heterocycles. The lowest BCUT2D eigenvalue weighted by molar-refractivity contribution is -0.137. The van der Waals surface area contributed by atoms with Crippen LogP contribution in [-0.4, -0.2) is 30.5 Å². The summed E-state index contributed by atoms with van der Waals surface area (Å²) in [4.78, 5) is 12.1. The smallest absolute Gasteiger partial charge is 0.337 e. The van der Waals surface area contributed by atoms with Gasteiger partial charge in [-0.15, -0.1) is 0 Å². The van der Waals surface area contributed by atoms with E-state index in [9.17, 15) is 22.4 Å². The van der Waals surface area contributed by atoms with Crippen LogP contribution in [0.4, 0.5) is 22.4 Å². The second-order valence-electron chi connectivity index (χ2n) is 7.36. The van der Waals surface area contributed by atoms with Gasteiger partial charge >= 0.3 is 12.2 Å². The molecule has 2 fully saturated rings. The van der Waals surface area contributed by atoms with Crippen LogP contribution in [0.3, 0.4) is 0 Å². The van der Waals surface area contributed by atoms with Crippen LogP contribution in [-0.2, 0) is 5.41 Å². The zero-order valence-electron chi connectivity index (χ0n) is 13.8. The quantitative estimate of drug-likeness (QED) is 0.734. The molecule has 3 rings (SSSR count). The van der Waals surface area contributed by atoms with Gasteiger partial charge in [0.1, 0.15) is 6.17 Å². The van der Waals surface area contributed by atoms with Crippen LogP contribution in [0.5, 0.6) is 0 Å². The highest BCUT2D eigenvalue weighted by molar-refractivity contribution is 5.75. The first-order valence-electron chi connectivity index (χ1n) is 8.54. The molecule has 138 valence electrons. The van der Waals surface area contributed by atoms with Gasteiger partial charge in [0.05, 0.1) is 0 Å². The van der Waals surface area contributed by atoms with Gasteiger partial charge in [0.2, 0.25) is 0 Å². The highest BCUT2D eigenvalue weighted by Gasteiger charge is 2.48. The number of carbonyl (C=O) groups excluding carboxylic acids is 1. The molecular formula is C18H22F4N2O. The van der Waals surface area contributed by atoms with Crippen LogP contribution in [0.25, 0.3) is 0 Å². The molecule has 2 aliphatic rings. The molecule has 0 saturated heterocycles. The molecule has 0 radical (unpaired) electrons. The van der Waals surface area contributed by atoms with Gasteiger partial charge in [-0.05, 0) is 37.7 Å². The van der Waals surface area contributed by atoms with Crippen molar-refractivity contribution in [2.75, 3.05) is 6.54 Å². The minimum absolute atomic E-state index is 0.0969. The summed E-state index contributed by atoms with van der Waals surface area (Å²) in [6.07, 6.45) is -4.28. The molecule has 7 heteroatoms. The molecule has 2 aliphatic carbocycles. The number of benzene rings is 1. The van der Waals surface area contributed by atoms with E-state index >= 15 is 0 Å². The van der Waals surface area contributed by atoms with Crippen LogP contribution < -0.4 is 10.6 Å². The van der Waals surface area contributed by atoms with Crippen molar-refractivity contribution in [3.05, 3.63) is 35.9 Å². The van der Waals surface area contributed by atoms with Crippen molar-refractivity contribution in [1.82, 2.24) is 10.6 Å². The number of nitrogens with one attached hydrogen (secondary N) is 2. The predicted molar refractivity (Wildman–Crippen MR) is 86.0 cm³/mol. The van der Waals surface area contributed by atoms with E-state index in [2.05, 4.69) is 10.6 Å². The lowest BCUT2D eigenvalue weighted by atomic mass is 9.63. The van der Waals surface area contributed by atoms with Crippen molar-refractivity contribution in [2.45, 2.75) is 61.8 Å². The van der Waals surface area contributed by atoms with Crippen LogP contribution in [0, 0.1) is 0 Å². The Morgan fingerprint density at radius 3 is 2.32 bits per heavy atom. The highest BCUT2D eigenvalue weighted by Crippen LogP contribution is 2.45. The number of hydrogen-bond acceptors (Lipinski definition) is 1. The van der Waals surface area contributed by atoms with E-state index in [1.54, 1.807) is 0 Å². The summed E-state index contributed by atoms with van der Waals surface area (Å²) in [6, 6.07) is 8.98. The van der Waals surface area contributed by atoms with Crippen molar-refractivity contribution in [2.24, 2.45) is 0 Å². The van der Waals surface area contributed by atoms with Gasteiger partial charge in [-0.2, -0.15) is 13.2 Å². The summed E-state index contributed by atoms with van der Waals surface area (Å²) in [5.74, 6) is 0. The third-order valence-electron chi connectivity index (χ3n) is 5.32. The highest BCUT2D eigenvalue weighted by atomic mass is 19.4. The van der Waals surface area contributed by atoms with Crippen LogP contribution >= 0.6 is 0 Å². The van der Waals surface area contributed by atoms with Gasteiger partial charge in [-0.3, -0.25) is 0 Å². The third kappa shape index (κ3) is 4.44. The minimum atomic E-state index is -4.22. The van der Waals surface area contributed by atoms with E-state index < -0.39 is 35.8 Å². The maximum Gasteiger partial charge on any atom is 0.389 e. The topological polar surface area (TPSA) is 41.1 Å². The van der Waals surface area contributed by atoms with Crippen molar-refractivity contribution < 1.29 is 22.4 Å². The standard InChI is InChI=1S/C18H22F4N2O/c19-14-10-16(11-14,13-4-2-1-3-5-13)12-23-15(25)24-17(6-7-17)8-9-18(20,21)22/h1-5,14H,6-12H2,(H2,23,24,25). The van der Waals surface area contributed by atoms with Crippen molar-refractivity contribution in [3.8, 4) is 0 Å². The summed E-state index contributed by atoms with van der Waals surface area (Å²) < 4.78 is 50.6. The summed E-state index contributed by atoms with van der Waals surface area (Å²) in [5.41, 5.74) is -0.190. The Kier molecular flexibility index (Phi) is 4.68. The van der Waals surface area contributed by atoms with E-state index in [0.29, 0.717) is 25.7 Å². The van der Waals surface area contributed by atoms with Gasteiger partial charge in [0.25, 0.3) is 0 Å². The van der Waals surface area contributed by atoms with E-state index in [0.717, 1.165) is 5.56 Å². The molecule has 0 atom stereocenters. The molecule has 0 aliphatic heterocycles. The predicted octanol–water partition coefficient (Wildman–Crippen LogP) is 4.23. The number of alkyl halides is 4. The second-order valence-corrected chi connectivity index (χ2v) is 7.36. The maximum absolute atomic E-state index is 13.5. The molecule has 0 heterocycles. The molecule has 0 unspecified atom stereocenters.